The Bertz CT molecular complexity index is 1380. The summed E-state index contributed by atoms with van der Waals surface area (Å²) < 4.78 is 1.37. The van der Waals surface area contributed by atoms with Gasteiger partial charge in [0.05, 0.1) is 23.8 Å². The van der Waals surface area contributed by atoms with Crippen LogP contribution >= 0.6 is 0 Å². The van der Waals surface area contributed by atoms with Gasteiger partial charge in [-0.1, -0.05) is 0 Å². The van der Waals surface area contributed by atoms with Crippen molar-refractivity contribution in [1.29, 1.82) is 0 Å². The SMILES string of the molecule is Cc1cc2nccc(=O)n2nc1N1CCc2ncc(Nc3ccc(C4CC4)nc3)cc2C1. The van der Waals surface area contributed by atoms with Crippen LogP contribution in [0.3, 0.4) is 0 Å². The van der Waals surface area contributed by atoms with Gasteiger partial charge < -0.3 is 10.2 Å². The molecule has 4 aromatic rings. The van der Waals surface area contributed by atoms with Crippen molar-refractivity contribution in [3.8, 4) is 0 Å². The summed E-state index contributed by atoms with van der Waals surface area (Å²) in [6.45, 7) is 3.49. The molecule has 0 amide bonds. The van der Waals surface area contributed by atoms with E-state index in [4.69, 9.17) is 4.98 Å². The highest BCUT2D eigenvalue weighted by Crippen LogP contribution is 2.39. The molecule has 160 valence electrons. The fourth-order valence-electron chi connectivity index (χ4n) is 4.30. The molecule has 1 aliphatic carbocycles. The molecule has 32 heavy (non-hydrogen) atoms. The standard InChI is InChI=1S/C24H23N7O/c1-15-10-22-25-8-6-23(32)31(22)29-24(15)30-9-7-21-17(14-30)11-19(13-27-21)28-18-4-5-20(26-12-18)16-2-3-16/h4-6,8,10-13,16,28H,2-3,7,9,14H2,1H3. The van der Waals surface area contributed by atoms with Gasteiger partial charge in [0.15, 0.2) is 11.5 Å². The Balaban J connectivity index is 1.26. The van der Waals surface area contributed by atoms with Crippen LogP contribution in [-0.4, -0.2) is 31.1 Å². The minimum absolute atomic E-state index is 0.178. The fourth-order valence-corrected chi connectivity index (χ4v) is 4.30. The van der Waals surface area contributed by atoms with Gasteiger partial charge in [-0.15, -0.1) is 5.10 Å². The lowest BCUT2D eigenvalue weighted by molar-refractivity contribution is 0.686. The molecule has 0 bridgehead atoms. The molecule has 4 aromatic heterocycles. The highest BCUT2D eigenvalue weighted by atomic mass is 16.1. The van der Waals surface area contributed by atoms with E-state index in [1.807, 2.05) is 25.4 Å². The van der Waals surface area contributed by atoms with Gasteiger partial charge in [0.2, 0.25) is 0 Å². The molecule has 5 heterocycles. The first-order valence-electron chi connectivity index (χ1n) is 11.0. The summed E-state index contributed by atoms with van der Waals surface area (Å²) in [5, 5.41) is 8.04. The molecular weight excluding hydrogens is 402 g/mol. The van der Waals surface area contributed by atoms with Crippen LogP contribution < -0.4 is 15.8 Å². The molecule has 1 fully saturated rings. The number of anilines is 3. The fraction of sp³-hybridized carbons (Fsp3) is 0.292. The lowest BCUT2D eigenvalue weighted by Gasteiger charge is -2.30. The summed E-state index contributed by atoms with van der Waals surface area (Å²) in [5.74, 6) is 1.45. The molecule has 8 nitrogen and oxygen atoms in total. The highest BCUT2D eigenvalue weighted by Gasteiger charge is 2.24. The number of aromatic nitrogens is 5. The molecule has 0 aromatic carbocycles. The molecule has 0 saturated heterocycles. The van der Waals surface area contributed by atoms with Crippen molar-refractivity contribution in [2.45, 2.75) is 38.6 Å². The van der Waals surface area contributed by atoms with Crippen molar-refractivity contribution in [2.24, 2.45) is 0 Å². The van der Waals surface area contributed by atoms with Gasteiger partial charge in [0, 0.05) is 49.1 Å². The third-order valence-electron chi connectivity index (χ3n) is 6.15. The zero-order valence-corrected chi connectivity index (χ0v) is 17.8. The van der Waals surface area contributed by atoms with Gasteiger partial charge in [-0.2, -0.15) is 4.52 Å². The Hall–Kier alpha value is -3.81. The first-order chi connectivity index (χ1) is 15.6. The third kappa shape index (κ3) is 3.47. The van der Waals surface area contributed by atoms with E-state index >= 15 is 0 Å². The molecule has 0 spiro atoms. The Kier molecular flexibility index (Phi) is 4.38. The maximum Gasteiger partial charge on any atom is 0.274 e. The van der Waals surface area contributed by atoms with Crippen LogP contribution in [0.4, 0.5) is 17.2 Å². The first kappa shape index (κ1) is 18.9. The minimum Gasteiger partial charge on any atom is -0.353 e. The quantitative estimate of drug-likeness (QED) is 0.536. The normalized spacial score (nSPS) is 15.6. The number of hydrogen-bond acceptors (Lipinski definition) is 7. The molecule has 0 atom stereocenters. The van der Waals surface area contributed by atoms with Crippen LogP contribution in [0, 0.1) is 6.92 Å². The molecule has 1 aliphatic heterocycles. The summed E-state index contributed by atoms with van der Waals surface area (Å²) in [7, 11) is 0. The molecule has 2 aliphatic rings. The van der Waals surface area contributed by atoms with Crippen molar-refractivity contribution in [3.05, 3.63) is 81.8 Å². The molecule has 1 N–H and O–H groups in total. The van der Waals surface area contributed by atoms with Gasteiger partial charge in [-0.05, 0) is 55.2 Å². The minimum atomic E-state index is -0.178. The highest BCUT2D eigenvalue weighted by molar-refractivity contribution is 5.60. The Labute approximate surface area is 185 Å². The van der Waals surface area contributed by atoms with Crippen LogP contribution in [0.1, 0.15) is 41.3 Å². The van der Waals surface area contributed by atoms with Crippen LogP contribution in [0.15, 0.2) is 53.7 Å². The van der Waals surface area contributed by atoms with Gasteiger partial charge >= 0.3 is 0 Å². The Morgan fingerprint density at radius 2 is 1.91 bits per heavy atom. The maximum atomic E-state index is 12.2. The van der Waals surface area contributed by atoms with Crippen molar-refractivity contribution in [2.75, 3.05) is 16.8 Å². The van der Waals surface area contributed by atoms with E-state index in [1.165, 1.54) is 35.3 Å². The Morgan fingerprint density at radius 3 is 2.72 bits per heavy atom. The molecule has 6 rings (SSSR count). The summed E-state index contributed by atoms with van der Waals surface area (Å²) in [6.07, 6.45) is 8.63. The Morgan fingerprint density at radius 1 is 1.03 bits per heavy atom. The lowest BCUT2D eigenvalue weighted by Crippen LogP contribution is -2.33. The van der Waals surface area contributed by atoms with E-state index in [9.17, 15) is 4.79 Å². The number of rotatable bonds is 4. The first-order valence-corrected chi connectivity index (χ1v) is 11.0. The number of hydrogen-bond donors (Lipinski definition) is 1. The van der Waals surface area contributed by atoms with E-state index in [2.05, 4.69) is 43.5 Å². The van der Waals surface area contributed by atoms with Gasteiger partial charge in [0.25, 0.3) is 5.56 Å². The number of nitrogens with one attached hydrogen (secondary N) is 1. The van der Waals surface area contributed by atoms with Crippen molar-refractivity contribution >= 4 is 22.8 Å². The zero-order valence-electron chi connectivity index (χ0n) is 17.8. The van der Waals surface area contributed by atoms with Gasteiger partial charge in [-0.25, -0.2) is 4.98 Å². The van der Waals surface area contributed by atoms with Crippen LogP contribution in [-0.2, 0) is 13.0 Å². The molecule has 8 heteroatoms. The largest absolute Gasteiger partial charge is 0.353 e. The van der Waals surface area contributed by atoms with E-state index in [0.29, 0.717) is 18.1 Å². The van der Waals surface area contributed by atoms with E-state index in [1.54, 1.807) is 0 Å². The second-order valence-corrected chi connectivity index (χ2v) is 8.58. The van der Waals surface area contributed by atoms with Crippen LogP contribution in [0.25, 0.3) is 5.65 Å². The average Bonchev–Trinajstić information content (AvgIpc) is 3.65. The lowest BCUT2D eigenvalue weighted by atomic mass is 10.0. The topological polar surface area (TPSA) is 88.3 Å². The summed E-state index contributed by atoms with van der Waals surface area (Å²) in [6, 6.07) is 9.68. The summed E-state index contributed by atoms with van der Waals surface area (Å²) >= 11 is 0. The second-order valence-electron chi connectivity index (χ2n) is 8.58. The van der Waals surface area contributed by atoms with Crippen molar-refractivity contribution in [3.63, 3.8) is 0 Å². The van der Waals surface area contributed by atoms with Gasteiger partial charge in [0.1, 0.15) is 0 Å². The number of pyridine rings is 2. The maximum absolute atomic E-state index is 12.2. The average molecular weight is 425 g/mol. The monoisotopic (exact) mass is 425 g/mol. The third-order valence-corrected chi connectivity index (χ3v) is 6.15. The molecule has 0 unspecified atom stereocenters. The smallest absolute Gasteiger partial charge is 0.274 e. The molecular formula is C24H23N7O. The van der Waals surface area contributed by atoms with Crippen LogP contribution in [0.2, 0.25) is 0 Å². The second kappa shape index (κ2) is 7.40. The number of nitrogens with zero attached hydrogens (tertiary/aromatic N) is 6. The summed E-state index contributed by atoms with van der Waals surface area (Å²) in [4.78, 5) is 28.0. The number of fused-ring (bicyclic) bond motifs is 2. The van der Waals surface area contributed by atoms with Gasteiger partial charge in [-0.3, -0.25) is 14.8 Å². The van der Waals surface area contributed by atoms with E-state index in [-0.39, 0.29) is 5.56 Å². The number of aryl methyl sites for hydroxylation is 1. The molecule has 0 radical (unpaired) electrons. The van der Waals surface area contributed by atoms with E-state index in [0.717, 1.165) is 47.0 Å². The predicted octanol–water partition coefficient (Wildman–Crippen LogP) is 3.37. The zero-order chi connectivity index (χ0) is 21.7. The predicted molar refractivity (Wildman–Crippen MR) is 122 cm³/mol. The summed E-state index contributed by atoms with van der Waals surface area (Å²) in [5.41, 5.74) is 6.72. The van der Waals surface area contributed by atoms with E-state index < -0.39 is 0 Å². The molecule has 1 saturated carbocycles. The van der Waals surface area contributed by atoms with Crippen molar-refractivity contribution in [1.82, 2.24) is 24.6 Å². The van der Waals surface area contributed by atoms with Crippen molar-refractivity contribution < 1.29 is 0 Å². The van der Waals surface area contributed by atoms with Crippen LogP contribution in [0.5, 0.6) is 0 Å².